The Morgan fingerprint density at radius 3 is 2.28 bits per heavy atom. The number of carbonyl (C=O) groups excluding carboxylic acids is 1. The van der Waals surface area contributed by atoms with Gasteiger partial charge in [0, 0.05) is 26.2 Å². The predicted octanol–water partition coefficient (Wildman–Crippen LogP) is 3.35. The van der Waals surface area contributed by atoms with E-state index in [1.165, 1.54) is 12.1 Å². The standard InChI is InChI=1S/C20H23Cl2N3O3S/c1-2-23-11-13-24(14-12-23)19(26)15-25(18-10-6-9-17(21)20(18)22)29(27,28)16-7-4-3-5-8-16/h3-10H,2,11-15H2,1H3. The van der Waals surface area contributed by atoms with Gasteiger partial charge in [-0.2, -0.15) is 0 Å². The van der Waals surface area contributed by atoms with E-state index in [4.69, 9.17) is 23.2 Å². The highest BCUT2D eigenvalue weighted by Crippen LogP contribution is 2.35. The highest BCUT2D eigenvalue weighted by atomic mass is 35.5. The molecule has 2 aromatic carbocycles. The molecular formula is C20H23Cl2N3O3S. The molecule has 1 saturated heterocycles. The Kier molecular flexibility index (Phi) is 7.05. The lowest BCUT2D eigenvalue weighted by molar-refractivity contribution is -0.131. The van der Waals surface area contributed by atoms with Crippen molar-refractivity contribution in [3.63, 3.8) is 0 Å². The number of rotatable bonds is 6. The van der Waals surface area contributed by atoms with E-state index in [-0.39, 0.29) is 33.1 Å². The van der Waals surface area contributed by atoms with Crippen molar-refractivity contribution in [3.8, 4) is 0 Å². The lowest BCUT2D eigenvalue weighted by Gasteiger charge is -2.35. The van der Waals surface area contributed by atoms with Crippen LogP contribution in [-0.2, 0) is 14.8 Å². The SMILES string of the molecule is CCN1CCN(C(=O)CN(c2cccc(Cl)c2Cl)S(=O)(=O)c2ccccc2)CC1. The number of piperazine rings is 1. The predicted molar refractivity (Wildman–Crippen MR) is 116 cm³/mol. The molecule has 0 saturated carbocycles. The summed E-state index contributed by atoms with van der Waals surface area (Å²) in [5.41, 5.74) is 0.184. The molecule has 29 heavy (non-hydrogen) atoms. The van der Waals surface area contributed by atoms with Crippen LogP contribution >= 0.6 is 23.2 Å². The molecule has 1 fully saturated rings. The van der Waals surface area contributed by atoms with Crippen LogP contribution < -0.4 is 4.31 Å². The van der Waals surface area contributed by atoms with E-state index in [2.05, 4.69) is 11.8 Å². The molecule has 0 unspecified atom stereocenters. The van der Waals surface area contributed by atoms with Gasteiger partial charge < -0.3 is 9.80 Å². The van der Waals surface area contributed by atoms with Crippen LogP contribution in [0.15, 0.2) is 53.4 Å². The minimum absolute atomic E-state index is 0.0830. The van der Waals surface area contributed by atoms with Gasteiger partial charge in [-0.1, -0.05) is 54.4 Å². The number of sulfonamides is 1. The fourth-order valence-electron chi connectivity index (χ4n) is 3.24. The van der Waals surface area contributed by atoms with Crippen molar-refractivity contribution in [2.24, 2.45) is 0 Å². The molecule has 2 aromatic rings. The average Bonchev–Trinajstić information content (AvgIpc) is 2.74. The van der Waals surface area contributed by atoms with Crippen LogP contribution in [0.5, 0.6) is 0 Å². The summed E-state index contributed by atoms with van der Waals surface area (Å²) in [5, 5.41) is 0.318. The summed E-state index contributed by atoms with van der Waals surface area (Å²) in [6.07, 6.45) is 0. The zero-order valence-electron chi connectivity index (χ0n) is 16.1. The van der Waals surface area contributed by atoms with Gasteiger partial charge in [0.15, 0.2) is 0 Å². The molecular weight excluding hydrogens is 433 g/mol. The van der Waals surface area contributed by atoms with E-state index in [0.29, 0.717) is 13.1 Å². The fraction of sp³-hybridized carbons (Fsp3) is 0.350. The molecule has 1 amide bonds. The summed E-state index contributed by atoms with van der Waals surface area (Å²) in [4.78, 5) is 17.0. The van der Waals surface area contributed by atoms with Crippen LogP contribution in [0.4, 0.5) is 5.69 Å². The van der Waals surface area contributed by atoms with Gasteiger partial charge in [0.25, 0.3) is 10.0 Å². The molecule has 0 radical (unpaired) electrons. The second kappa shape index (κ2) is 9.34. The highest BCUT2D eigenvalue weighted by molar-refractivity contribution is 7.92. The third-order valence-corrected chi connectivity index (χ3v) is 7.57. The second-order valence-corrected chi connectivity index (χ2v) is 9.36. The summed E-state index contributed by atoms with van der Waals surface area (Å²) in [6, 6.07) is 12.7. The number of halogens is 2. The molecule has 1 heterocycles. The van der Waals surface area contributed by atoms with Crippen LogP contribution in [0.25, 0.3) is 0 Å². The number of anilines is 1. The quantitative estimate of drug-likeness (QED) is 0.669. The largest absolute Gasteiger partial charge is 0.339 e. The molecule has 0 N–H and O–H groups in total. The Morgan fingerprint density at radius 2 is 1.66 bits per heavy atom. The fourth-order valence-corrected chi connectivity index (χ4v) is 5.14. The monoisotopic (exact) mass is 455 g/mol. The second-order valence-electron chi connectivity index (χ2n) is 6.71. The number of likely N-dealkylation sites (N-methyl/N-ethyl adjacent to an activating group) is 1. The van der Waals surface area contributed by atoms with Gasteiger partial charge in [0.2, 0.25) is 5.91 Å². The van der Waals surface area contributed by atoms with E-state index < -0.39 is 10.0 Å². The lowest BCUT2D eigenvalue weighted by Crippen LogP contribution is -2.51. The van der Waals surface area contributed by atoms with Crippen molar-refractivity contribution in [2.45, 2.75) is 11.8 Å². The highest BCUT2D eigenvalue weighted by Gasteiger charge is 2.31. The smallest absolute Gasteiger partial charge is 0.264 e. The van der Waals surface area contributed by atoms with Gasteiger partial charge >= 0.3 is 0 Å². The van der Waals surface area contributed by atoms with Crippen molar-refractivity contribution in [2.75, 3.05) is 43.6 Å². The summed E-state index contributed by atoms with van der Waals surface area (Å²) in [5.74, 6) is -0.267. The Morgan fingerprint density at radius 1 is 1.00 bits per heavy atom. The van der Waals surface area contributed by atoms with Crippen molar-refractivity contribution in [1.82, 2.24) is 9.80 Å². The zero-order valence-corrected chi connectivity index (χ0v) is 18.4. The Labute approximate surface area is 181 Å². The molecule has 9 heteroatoms. The number of hydrogen-bond acceptors (Lipinski definition) is 4. The topological polar surface area (TPSA) is 60.9 Å². The summed E-state index contributed by atoms with van der Waals surface area (Å²) in [6.45, 7) is 5.33. The van der Waals surface area contributed by atoms with E-state index in [0.717, 1.165) is 23.9 Å². The normalized spacial score (nSPS) is 15.3. The third-order valence-electron chi connectivity index (χ3n) is 4.98. The molecule has 156 valence electrons. The minimum Gasteiger partial charge on any atom is -0.339 e. The van der Waals surface area contributed by atoms with E-state index in [9.17, 15) is 13.2 Å². The van der Waals surface area contributed by atoms with Gasteiger partial charge in [-0.15, -0.1) is 0 Å². The lowest BCUT2D eigenvalue weighted by atomic mass is 10.3. The van der Waals surface area contributed by atoms with Crippen molar-refractivity contribution >= 4 is 44.8 Å². The first kappa shape index (κ1) is 21.9. The van der Waals surface area contributed by atoms with Crippen LogP contribution in [0.1, 0.15) is 6.92 Å². The molecule has 1 aliphatic rings. The van der Waals surface area contributed by atoms with Crippen LogP contribution in [0, 0.1) is 0 Å². The molecule has 0 atom stereocenters. The van der Waals surface area contributed by atoms with E-state index >= 15 is 0 Å². The molecule has 1 aliphatic heterocycles. The van der Waals surface area contributed by atoms with E-state index in [1.54, 1.807) is 41.3 Å². The summed E-state index contributed by atoms with van der Waals surface area (Å²) < 4.78 is 27.8. The van der Waals surface area contributed by atoms with Gasteiger partial charge in [-0.05, 0) is 30.8 Å². The Bertz CT molecular complexity index is 962. The van der Waals surface area contributed by atoms with Gasteiger partial charge in [0.1, 0.15) is 6.54 Å². The third kappa shape index (κ3) is 4.86. The number of amides is 1. The maximum absolute atomic E-state index is 13.4. The average molecular weight is 456 g/mol. The van der Waals surface area contributed by atoms with Crippen molar-refractivity contribution in [1.29, 1.82) is 0 Å². The van der Waals surface area contributed by atoms with Crippen LogP contribution in [0.2, 0.25) is 10.0 Å². The minimum atomic E-state index is -4.01. The van der Waals surface area contributed by atoms with Gasteiger partial charge in [-0.3, -0.25) is 9.10 Å². The summed E-state index contributed by atoms with van der Waals surface area (Å²) in [7, 11) is -4.01. The molecule has 6 nitrogen and oxygen atoms in total. The van der Waals surface area contributed by atoms with Gasteiger partial charge in [0.05, 0.1) is 20.6 Å². The first-order valence-electron chi connectivity index (χ1n) is 9.36. The van der Waals surface area contributed by atoms with Crippen molar-refractivity contribution in [3.05, 3.63) is 58.6 Å². The number of nitrogens with zero attached hydrogens (tertiary/aromatic N) is 3. The molecule has 0 spiro atoms. The Hall–Kier alpha value is -1.80. The zero-order chi connectivity index (χ0) is 21.0. The molecule has 0 aliphatic carbocycles. The molecule has 0 aromatic heterocycles. The van der Waals surface area contributed by atoms with Crippen molar-refractivity contribution < 1.29 is 13.2 Å². The van der Waals surface area contributed by atoms with Crippen LogP contribution in [-0.4, -0.2) is 63.4 Å². The molecule has 0 bridgehead atoms. The Balaban J connectivity index is 1.94. The molecule has 3 rings (SSSR count). The van der Waals surface area contributed by atoms with Gasteiger partial charge in [-0.25, -0.2) is 8.42 Å². The first-order chi connectivity index (χ1) is 13.8. The van der Waals surface area contributed by atoms with Crippen LogP contribution in [0.3, 0.4) is 0 Å². The summed E-state index contributed by atoms with van der Waals surface area (Å²) >= 11 is 12.4. The maximum Gasteiger partial charge on any atom is 0.264 e. The number of carbonyl (C=O) groups is 1. The number of hydrogen-bond donors (Lipinski definition) is 0. The number of benzene rings is 2. The maximum atomic E-state index is 13.4. The van der Waals surface area contributed by atoms with E-state index in [1.807, 2.05) is 0 Å². The first-order valence-corrected chi connectivity index (χ1v) is 11.6.